The molecule has 0 aromatic carbocycles. The van der Waals surface area contributed by atoms with Gasteiger partial charge in [0.15, 0.2) is 0 Å². The van der Waals surface area contributed by atoms with Gasteiger partial charge in [0.25, 0.3) is 0 Å². The average Bonchev–Trinajstić information content (AvgIpc) is 2.76. The molecule has 94 valence electrons. The van der Waals surface area contributed by atoms with Gasteiger partial charge in [-0.3, -0.25) is 4.79 Å². The molecule has 2 heterocycles. The largest absolute Gasteiger partial charge is 0.461 e. The van der Waals surface area contributed by atoms with E-state index in [0.29, 0.717) is 18.9 Å². The van der Waals surface area contributed by atoms with Crippen LogP contribution in [0.4, 0.5) is 5.95 Å². The van der Waals surface area contributed by atoms with Crippen molar-refractivity contribution in [1.82, 2.24) is 9.97 Å². The van der Waals surface area contributed by atoms with Crippen molar-refractivity contribution in [2.75, 3.05) is 11.9 Å². The third-order valence-electron chi connectivity index (χ3n) is 2.44. The van der Waals surface area contributed by atoms with E-state index in [1.807, 2.05) is 19.1 Å². The van der Waals surface area contributed by atoms with Crippen molar-refractivity contribution < 1.29 is 9.21 Å². The molecule has 2 rings (SSSR count). The number of hydrogen-bond donors (Lipinski definition) is 1. The van der Waals surface area contributed by atoms with Crippen LogP contribution in [-0.2, 0) is 4.79 Å². The number of nitrogens with one attached hydrogen (secondary N) is 1. The van der Waals surface area contributed by atoms with Gasteiger partial charge in [0.2, 0.25) is 5.95 Å². The molecular formula is C13H15N3O2. The monoisotopic (exact) mass is 245 g/mol. The van der Waals surface area contributed by atoms with Gasteiger partial charge in [0.05, 0.1) is 5.56 Å². The maximum Gasteiger partial charge on any atom is 0.222 e. The van der Waals surface area contributed by atoms with E-state index in [2.05, 4.69) is 15.3 Å². The zero-order valence-electron chi connectivity index (χ0n) is 10.4. The van der Waals surface area contributed by atoms with E-state index >= 15 is 0 Å². The first kappa shape index (κ1) is 12.3. The van der Waals surface area contributed by atoms with Crippen LogP contribution in [0.25, 0.3) is 11.3 Å². The molecule has 0 amide bonds. The topological polar surface area (TPSA) is 68.0 Å². The number of anilines is 1. The summed E-state index contributed by atoms with van der Waals surface area (Å²) in [6, 6.07) is 3.78. The highest BCUT2D eigenvalue weighted by Crippen LogP contribution is 2.20. The number of rotatable bonds is 5. The predicted octanol–water partition coefficient (Wildman–Crippen LogP) is 2.44. The highest BCUT2D eigenvalue weighted by Gasteiger charge is 2.04. The Hall–Kier alpha value is -2.17. The van der Waals surface area contributed by atoms with Gasteiger partial charge >= 0.3 is 0 Å². The van der Waals surface area contributed by atoms with Gasteiger partial charge in [-0.25, -0.2) is 9.97 Å². The summed E-state index contributed by atoms with van der Waals surface area (Å²) in [6.45, 7) is 4.00. The Morgan fingerprint density at radius 1 is 1.33 bits per heavy atom. The number of aryl methyl sites for hydroxylation is 1. The lowest BCUT2D eigenvalue weighted by Crippen LogP contribution is -2.08. The van der Waals surface area contributed by atoms with Crippen molar-refractivity contribution in [3.05, 3.63) is 30.3 Å². The summed E-state index contributed by atoms with van der Waals surface area (Å²) in [7, 11) is 0. The molecular weight excluding hydrogens is 230 g/mol. The van der Waals surface area contributed by atoms with E-state index in [9.17, 15) is 4.79 Å². The van der Waals surface area contributed by atoms with E-state index in [4.69, 9.17) is 4.42 Å². The van der Waals surface area contributed by atoms with Crippen LogP contribution in [0.2, 0.25) is 0 Å². The van der Waals surface area contributed by atoms with E-state index < -0.39 is 0 Å². The number of ketones is 1. The molecule has 0 atom stereocenters. The summed E-state index contributed by atoms with van der Waals surface area (Å²) in [5.74, 6) is 2.27. The normalized spacial score (nSPS) is 10.3. The number of hydrogen-bond acceptors (Lipinski definition) is 5. The second kappa shape index (κ2) is 5.44. The molecule has 0 fully saturated rings. The van der Waals surface area contributed by atoms with Gasteiger partial charge < -0.3 is 9.73 Å². The van der Waals surface area contributed by atoms with Crippen molar-refractivity contribution in [2.45, 2.75) is 20.3 Å². The van der Waals surface area contributed by atoms with Crippen molar-refractivity contribution in [3.63, 3.8) is 0 Å². The van der Waals surface area contributed by atoms with Crippen LogP contribution in [0.5, 0.6) is 0 Å². The number of nitrogens with zero attached hydrogens (tertiary/aromatic N) is 2. The molecule has 0 aliphatic carbocycles. The smallest absolute Gasteiger partial charge is 0.222 e. The molecule has 2 aromatic heterocycles. The molecule has 0 saturated carbocycles. The van der Waals surface area contributed by atoms with Crippen LogP contribution < -0.4 is 5.32 Å². The number of carbonyl (C=O) groups is 1. The standard InChI is InChI=1S/C13H15N3O2/c1-9(17)5-6-14-13-15-7-11(8-16-13)12-4-3-10(2)18-12/h3-4,7-8H,5-6H2,1-2H3,(H,14,15,16). The molecule has 0 aliphatic rings. The van der Waals surface area contributed by atoms with Crippen LogP contribution >= 0.6 is 0 Å². The Morgan fingerprint density at radius 2 is 2.06 bits per heavy atom. The summed E-state index contributed by atoms with van der Waals surface area (Å²) in [6.07, 6.45) is 3.87. The SMILES string of the molecule is CC(=O)CCNc1ncc(-c2ccc(C)o2)cn1. The van der Waals surface area contributed by atoms with Crippen LogP contribution in [0.3, 0.4) is 0 Å². The lowest BCUT2D eigenvalue weighted by atomic mass is 10.3. The zero-order chi connectivity index (χ0) is 13.0. The van der Waals surface area contributed by atoms with Gasteiger partial charge in [-0.2, -0.15) is 0 Å². The molecule has 18 heavy (non-hydrogen) atoms. The Labute approximate surface area is 105 Å². The van der Waals surface area contributed by atoms with Gasteiger partial charge in [-0.15, -0.1) is 0 Å². The molecule has 0 bridgehead atoms. The van der Waals surface area contributed by atoms with Crippen molar-refractivity contribution in [2.24, 2.45) is 0 Å². The molecule has 5 heteroatoms. The van der Waals surface area contributed by atoms with Gasteiger partial charge in [-0.1, -0.05) is 0 Å². The minimum Gasteiger partial charge on any atom is -0.461 e. The Morgan fingerprint density at radius 3 is 2.61 bits per heavy atom. The zero-order valence-corrected chi connectivity index (χ0v) is 10.4. The van der Waals surface area contributed by atoms with E-state index in [-0.39, 0.29) is 5.78 Å². The van der Waals surface area contributed by atoms with Gasteiger partial charge in [0.1, 0.15) is 17.3 Å². The third-order valence-corrected chi connectivity index (χ3v) is 2.44. The quantitative estimate of drug-likeness (QED) is 0.876. The second-order valence-electron chi connectivity index (χ2n) is 4.08. The van der Waals surface area contributed by atoms with E-state index in [1.54, 1.807) is 19.3 Å². The average molecular weight is 245 g/mol. The van der Waals surface area contributed by atoms with Crippen molar-refractivity contribution >= 4 is 11.7 Å². The van der Waals surface area contributed by atoms with Crippen LogP contribution in [0.15, 0.2) is 28.9 Å². The fraction of sp³-hybridized carbons (Fsp3) is 0.308. The Bertz CT molecular complexity index is 531. The summed E-state index contributed by atoms with van der Waals surface area (Å²) in [5.41, 5.74) is 0.834. The molecule has 0 aliphatic heterocycles. The number of aromatic nitrogens is 2. The minimum absolute atomic E-state index is 0.144. The highest BCUT2D eigenvalue weighted by atomic mass is 16.3. The molecule has 1 N–H and O–H groups in total. The number of furan rings is 1. The Balaban J connectivity index is 1.99. The van der Waals surface area contributed by atoms with E-state index in [0.717, 1.165) is 17.1 Å². The molecule has 0 radical (unpaired) electrons. The van der Waals surface area contributed by atoms with Gasteiger partial charge in [-0.05, 0) is 26.0 Å². The minimum atomic E-state index is 0.144. The third kappa shape index (κ3) is 3.16. The summed E-state index contributed by atoms with van der Waals surface area (Å²) in [5, 5.41) is 2.99. The van der Waals surface area contributed by atoms with Crippen molar-refractivity contribution in [1.29, 1.82) is 0 Å². The van der Waals surface area contributed by atoms with Crippen LogP contribution in [0.1, 0.15) is 19.1 Å². The molecule has 5 nitrogen and oxygen atoms in total. The fourth-order valence-electron chi connectivity index (χ4n) is 1.49. The number of carbonyl (C=O) groups excluding carboxylic acids is 1. The van der Waals surface area contributed by atoms with Crippen LogP contribution in [0, 0.1) is 6.92 Å². The fourth-order valence-corrected chi connectivity index (χ4v) is 1.49. The summed E-state index contributed by atoms with van der Waals surface area (Å²) >= 11 is 0. The highest BCUT2D eigenvalue weighted by molar-refractivity contribution is 5.75. The maximum absolute atomic E-state index is 10.8. The van der Waals surface area contributed by atoms with E-state index in [1.165, 1.54) is 0 Å². The molecule has 2 aromatic rings. The summed E-state index contributed by atoms with van der Waals surface area (Å²) < 4.78 is 5.48. The molecule has 0 spiro atoms. The Kier molecular flexibility index (Phi) is 3.72. The second-order valence-corrected chi connectivity index (χ2v) is 4.08. The lowest BCUT2D eigenvalue weighted by Gasteiger charge is -2.03. The maximum atomic E-state index is 10.8. The van der Waals surface area contributed by atoms with Crippen molar-refractivity contribution in [3.8, 4) is 11.3 Å². The lowest BCUT2D eigenvalue weighted by molar-refractivity contribution is -0.116. The molecule has 0 saturated heterocycles. The first-order valence-electron chi connectivity index (χ1n) is 5.77. The van der Waals surface area contributed by atoms with Crippen LogP contribution in [-0.4, -0.2) is 22.3 Å². The first-order valence-corrected chi connectivity index (χ1v) is 5.77. The first-order chi connectivity index (χ1) is 8.65. The molecule has 0 unspecified atom stereocenters. The predicted molar refractivity (Wildman–Crippen MR) is 68.3 cm³/mol. The van der Waals surface area contributed by atoms with Gasteiger partial charge in [0, 0.05) is 25.4 Å². The number of Topliss-reactive ketones (excluding diaryl/α,β-unsaturated/α-hetero) is 1. The summed E-state index contributed by atoms with van der Waals surface area (Å²) in [4.78, 5) is 19.1.